The zero-order valence-corrected chi connectivity index (χ0v) is 33.1. The van der Waals surface area contributed by atoms with Gasteiger partial charge < -0.3 is 19.5 Å². The Labute approximate surface area is 339 Å². The number of ether oxygens (including phenoxy) is 1. The molecular weight excluding hydrogens is 756 g/mol. The summed E-state index contributed by atoms with van der Waals surface area (Å²) < 4.78 is 26.4. The Kier molecular flexibility index (Phi) is 11.1. The van der Waals surface area contributed by atoms with E-state index < -0.39 is 17.8 Å². The number of pyridine rings is 1. The molecule has 304 valence electrons. The van der Waals surface area contributed by atoms with E-state index in [2.05, 4.69) is 70.0 Å². The summed E-state index contributed by atoms with van der Waals surface area (Å²) in [5, 5.41) is 17.0. The summed E-state index contributed by atoms with van der Waals surface area (Å²) in [6.07, 6.45) is 2.97. The number of H-pyrrole nitrogens is 1. The van der Waals surface area contributed by atoms with E-state index in [4.69, 9.17) is 9.26 Å². The number of hydrogen-bond acceptors (Lipinski definition) is 11. The molecule has 0 aliphatic carbocycles. The summed E-state index contributed by atoms with van der Waals surface area (Å²) in [7, 11) is 0. The van der Waals surface area contributed by atoms with Crippen LogP contribution >= 0.6 is 0 Å². The molecule has 16 heteroatoms. The fourth-order valence-electron chi connectivity index (χ4n) is 7.10. The third-order valence-electron chi connectivity index (χ3n) is 10.5. The molecule has 0 saturated carbocycles. The number of nitrogens with one attached hydrogen (secondary N) is 3. The van der Waals surface area contributed by atoms with Crippen molar-refractivity contribution in [2.75, 3.05) is 55.7 Å². The lowest BCUT2D eigenvalue weighted by molar-refractivity contribution is -0.120. The number of urea groups is 1. The summed E-state index contributed by atoms with van der Waals surface area (Å²) in [5.74, 6) is -0.315. The van der Waals surface area contributed by atoms with Gasteiger partial charge in [0.1, 0.15) is 11.6 Å². The molecule has 0 bridgehead atoms. The number of carbonyl (C=O) groups excluding carboxylic acids is 3. The van der Waals surface area contributed by atoms with Crippen molar-refractivity contribution < 1.29 is 28.0 Å². The Bertz CT molecular complexity index is 2470. The van der Waals surface area contributed by atoms with Crippen LogP contribution in [0.1, 0.15) is 55.7 Å². The predicted molar refractivity (Wildman–Crippen MR) is 220 cm³/mol. The number of hydrogen-bond donors (Lipinski definition) is 3. The maximum atomic E-state index is 15.3. The molecule has 2 aliphatic rings. The quantitative estimate of drug-likeness (QED) is 0.122. The van der Waals surface area contributed by atoms with Gasteiger partial charge in [-0.3, -0.25) is 29.8 Å². The summed E-state index contributed by atoms with van der Waals surface area (Å²) in [6.45, 7) is 11.3. The molecule has 4 amide bonds. The summed E-state index contributed by atoms with van der Waals surface area (Å²) in [4.78, 5) is 51.3. The lowest BCUT2D eigenvalue weighted by atomic mass is 9.96. The van der Waals surface area contributed by atoms with Crippen LogP contribution in [0.3, 0.4) is 0 Å². The fraction of sp³-hybridized carbons (Fsp3) is 0.326. The Balaban J connectivity index is 0.816. The number of imide groups is 1. The van der Waals surface area contributed by atoms with Gasteiger partial charge in [0.15, 0.2) is 11.5 Å². The largest absolute Gasteiger partial charge is 0.494 e. The van der Waals surface area contributed by atoms with Crippen molar-refractivity contribution in [3.8, 4) is 28.1 Å². The smallest absolute Gasteiger partial charge is 0.328 e. The van der Waals surface area contributed by atoms with Crippen LogP contribution in [0.15, 0.2) is 83.5 Å². The summed E-state index contributed by atoms with van der Waals surface area (Å²) in [5.41, 5.74) is 5.51. The summed E-state index contributed by atoms with van der Waals surface area (Å²) >= 11 is 0. The van der Waals surface area contributed by atoms with Crippen LogP contribution in [0.2, 0.25) is 0 Å². The minimum Gasteiger partial charge on any atom is -0.494 e. The van der Waals surface area contributed by atoms with Gasteiger partial charge in [0.25, 0.3) is 0 Å². The van der Waals surface area contributed by atoms with Crippen LogP contribution in [0.25, 0.3) is 33.4 Å². The van der Waals surface area contributed by atoms with Gasteiger partial charge in [-0.2, -0.15) is 10.1 Å². The van der Waals surface area contributed by atoms with Crippen molar-refractivity contribution in [2.24, 2.45) is 0 Å². The number of rotatable bonds is 12. The molecule has 2 fully saturated rings. The lowest BCUT2D eigenvalue weighted by Crippen LogP contribution is -2.49. The minimum atomic E-state index is -0.575. The number of fused-ring (bicyclic) bond motifs is 1. The van der Waals surface area contributed by atoms with Gasteiger partial charge >= 0.3 is 17.8 Å². The Hall–Kier alpha value is -6.68. The molecule has 3 aromatic heterocycles. The highest BCUT2D eigenvalue weighted by Gasteiger charge is 2.25. The molecule has 0 radical (unpaired) electrons. The average Bonchev–Trinajstić information content (AvgIpc) is 3.91. The van der Waals surface area contributed by atoms with Crippen LogP contribution in [0, 0.1) is 5.82 Å². The lowest BCUT2D eigenvalue weighted by Gasteiger charge is -2.36. The van der Waals surface area contributed by atoms with Crippen molar-refractivity contribution in [3.05, 3.63) is 102 Å². The Morgan fingerprint density at radius 1 is 0.915 bits per heavy atom. The van der Waals surface area contributed by atoms with Crippen molar-refractivity contribution in [2.45, 2.75) is 45.6 Å². The standard InChI is InChI=1S/C43H45FN10O5/c1-43(2,3)41-48-40(59-51-41)39(56)46-25-29-6-5-28(24-35(29)44)37-34-23-30(26-45-38(34)50-49-37)27-7-9-31(10-8-27)53-20-18-52(19-21-53)16-4-22-58-33-13-11-32(12-14-33)54-17-15-36(55)47-42(54)57/h5-14,23-24,26H,4,15-22,25H2,1-3H3,(H,46,56)(H,45,49,50)(H,47,55,57). The van der Waals surface area contributed by atoms with Crippen molar-refractivity contribution in [1.82, 2.24) is 40.9 Å². The molecule has 15 nitrogen and oxygen atoms in total. The minimum absolute atomic E-state index is 0.0528. The van der Waals surface area contributed by atoms with Gasteiger partial charge in [-0.05, 0) is 60.5 Å². The first-order chi connectivity index (χ1) is 28.5. The second-order valence-electron chi connectivity index (χ2n) is 15.7. The molecule has 3 N–H and O–H groups in total. The van der Waals surface area contributed by atoms with Crippen LogP contribution < -0.4 is 25.2 Å². The number of anilines is 2. The van der Waals surface area contributed by atoms with E-state index in [-0.39, 0.29) is 30.2 Å². The number of piperazine rings is 1. The van der Waals surface area contributed by atoms with Crippen molar-refractivity contribution in [3.63, 3.8) is 0 Å². The number of aromatic amines is 1. The van der Waals surface area contributed by atoms with E-state index >= 15 is 4.39 Å². The first kappa shape index (κ1) is 39.2. The predicted octanol–water partition coefficient (Wildman–Crippen LogP) is 6.08. The Morgan fingerprint density at radius 2 is 1.66 bits per heavy atom. The monoisotopic (exact) mass is 800 g/mol. The van der Waals surface area contributed by atoms with E-state index in [1.54, 1.807) is 23.2 Å². The van der Waals surface area contributed by atoms with Gasteiger partial charge in [0.2, 0.25) is 5.91 Å². The van der Waals surface area contributed by atoms with E-state index in [1.807, 2.05) is 51.1 Å². The number of halogens is 1. The van der Waals surface area contributed by atoms with Crippen molar-refractivity contribution in [1.29, 1.82) is 0 Å². The SMILES string of the molecule is CC(C)(C)c1noc(C(=O)NCc2ccc(-c3[nH]nc4ncc(-c5ccc(N6CCN(CCCOc7ccc(N8CCC(=O)NC8=O)cc7)CC6)cc5)cc34)cc2F)n1. The number of nitrogens with zero attached hydrogens (tertiary/aromatic N) is 7. The molecule has 6 aromatic rings. The van der Waals surface area contributed by atoms with E-state index in [1.165, 1.54) is 6.07 Å². The topological polar surface area (TPSA) is 175 Å². The first-order valence-electron chi connectivity index (χ1n) is 19.7. The normalized spacial score (nSPS) is 15.1. The van der Waals surface area contributed by atoms with Crippen LogP contribution in [0.5, 0.6) is 5.75 Å². The molecule has 2 aliphatic heterocycles. The molecule has 5 heterocycles. The molecule has 0 unspecified atom stereocenters. The molecule has 59 heavy (non-hydrogen) atoms. The van der Waals surface area contributed by atoms with E-state index in [0.29, 0.717) is 41.4 Å². The van der Waals surface area contributed by atoms with Gasteiger partial charge in [-0.1, -0.05) is 50.2 Å². The molecular formula is C43H45FN10O5. The Morgan fingerprint density at radius 3 is 2.37 bits per heavy atom. The van der Waals surface area contributed by atoms with Crippen LogP contribution in [0.4, 0.5) is 20.6 Å². The second kappa shape index (κ2) is 16.7. The number of amides is 4. The molecule has 3 aromatic carbocycles. The third kappa shape index (κ3) is 8.92. The number of carbonyl (C=O) groups is 3. The first-order valence-corrected chi connectivity index (χ1v) is 19.7. The molecule has 2 saturated heterocycles. The number of aromatic nitrogens is 5. The molecule has 0 atom stereocenters. The highest BCUT2D eigenvalue weighted by atomic mass is 19.1. The molecule has 8 rings (SSSR count). The van der Waals surface area contributed by atoms with Gasteiger partial charge in [-0.15, -0.1) is 0 Å². The summed E-state index contributed by atoms with van der Waals surface area (Å²) in [6, 6.07) is 22.3. The maximum absolute atomic E-state index is 15.3. The van der Waals surface area contributed by atoms with Crippen LogP contribution in [-0.4, -0.2) is 93.9 Å². The van der Waals surface area contributed by atoms with Gasteiger partial charge in [0, 0.05) is 97.3 Å². The van der Waals surface area contributed by atoms with Crippen molar-refractivity contribution >= 4 is 40.3 Å². The highest BCUT2D eigenvalue weighted by Crippen LogP contribution is 2.31. The zero-order chi connectivity index (χ0) is 41.1. The average molecular weight is 801 g/mol. The zero-order valence-electron chi connectivity index (χ0n) is 33.1. The number of benzene rings is 3. The fourth-order valence-corrected chi connectivity index (χ4v) is 7.10. The molecule has 0 spiro atoms. The van der Waals surface area contributed by atoms with Gasteiger partial charge in [-0.25, -0.2) is 14.2 Å². The van der Waals surface area contributed by atoms with Gasteiger partial charge in [0.05, 0.1) is 12.3 Å². The van der Waals surface area contributed by atoms with Crippen LogP contribution in [-0.2, 0) is 16.8 Å². The third-order valence-corrected chi connectivity index (χ3v) is 10.5. The highest BCUT2D eigenvalue weighted by molar-refractivity contribution is 6.05. The van der Waals surface area contributed by atoms with E-state index in [9.17, 15) is 14.4 Å². The second-order valence-corrected chi connectivity index (χ2v) is 15.7. The maximum Gasteiger partial charge on any atom is 0.328 e. The van der Waals surface area contributed by atoms with E-state index in [0.717, 1.165) is 72.8 Å².